The van der Waals surface area contributed by atoms with E-state index in [1.165, 1.54) is 36.8 Å². The maximum absolute atomic E-state index is 4.37. The lowest BCUT2D eigenvalue weighted by atomic mass is 9.91. The quantitative estimate of drug-likeness (QED) is 0.808. The third-order valence-corrected chi connectivity index (χ3v) is 3.67. The fourth-order valence-electron chi connectivity index (χ4n) is 2.70. The van der Waals surface area contributed by atoms with Gasteiger partial charge in [-0.05, 0) is 62.0 Å². The number of pyridine rings is 1. The van der Waals surface area contributed by atoms with E-state index in [1.807, 2.05) is 12.3 Å². The van der Waals surface area contributed by atoms with Gasteiger partial charge in [0.15, 0.2) is 0 Å². The highest BCUT2D eigenvalue weighted by Gasteiger charge is 2.14. The van der Waals surface area contributed by atoms with Crippen LogP contribution in [0.15, 0.2) is 36.5 Å². The van der Waals surface area contributed by atoms with Crippen LogP contribution in [0.1, 0.15) is 30.7 Å². The Hall–Kier alpha value is -1.41. The molecule has 1 N–H and O–H groups in total. The molecule has 0 bridgehead atoms. The van der Waals surface area contributed by atoms with Crippen molar-refractivity contribution >= 4 is 10.9 Å². The Morgan fingerprint density at radius 2 is 2.12 bits per heavy atom. The van der Waals surface area contributed by atoms with Crippen LogP contribution in [0.25, 0.3) is 10.9 Å². The molecule has 2 nitrogen and oxygen atoms in total. The van der Waals surface area contributed by atoms with Crippen molar-refractivity contribution in [3.63, 3.8) is 0 Å². The van der Waals surface area contributed by atoms with Crippen molar-refractivity contribution in [1.82, 2.24) is 10.3 Å². The average molecular weight is 226 g/mol. The van der Waals surface area contributed by atoms with E-state index >= 15 is 0 Å². The monoisotopic (exact) mass is 226 g/mol. The summed E-state index contributed by atoms with van der Waals surface area (Å²) in [6.45, 7) is 2.32. The molecule has 88 valence electrons. The number of hydrogen-bond donors (Lipinski definition) is 1. The summed E-state index contributed by atoms with van der Waals surface area (Å²) in [4.78, 5) is 4.37. The summed E-state index contributed by atoms with van der Waals surface area (Å²) in [7, 11) is 0. The second kappa shape index (κ2) is 4.84. The number of nitrogens with zero attached hydrogens (tertiary/aromatic N) is 1. The van der Waals surface area contributed by atoms with Crippen molar-refractivity contribution in [1.29, 1.82) is 0 Å². The lowest BCUT2D eigenvalue weighted by Crippen LogP contribution is -2.13. The first-order valence-corrected chi connectivity index (χ1v) is 6.49. The molecule has 1 aliphatic rings. The van der Waals surface area contributed by atoms with E-state index in [0.29, 0.717) is 0 Å². The van der Waals surface area contributed by atoms with Gasteiger partial charge in [-0.2, -0.15) is 0 Å². The zero-order valence-corrected chi connectivity index (χ0v) is 10.0. The van der Waals surface area contributed by atoms with Gasteiger partial charge in [0.25, 0.3) is 0 Å². The maximum Gasteiger partial charge on any atom is 0.0702 e. The maximum atomic E-state index is 4.37. The highest BCUT2D eigenvalue weighted by Crippen LogP contribution is 2.28. The van der Waals surface area contributed by atoms with Gasteiger partial charge in [-0.15, -0.1) is 0 Å². The van der Waals surface area contributed by atoms with E-state index in [1.54, 1.807) is 0 Å². The topological polar surface area (TPSA) is 24.9 Å². The van der Waals surface area contributed by atoms with Crippen LogP contribution in [0.2, 0.25) is 0 Å². The van der Waals surface area contributed by atoms with E-state index in [2.05, 4.69) is 34.6 Å². The molecule has 17 heavy (non-hydrogen) atoms. The zero-order chi connectivity index (χ0) is 11.5. The molecule has 1 aromatic carbocycles. The molecule has 0 aliphatic carbocycles. The minimum atomic E-state index is 0.717. The molecule has 2 heterocycles. The second-order valence-electron chi connectivity index (χ2n) is 4.83. The number of nitrogens with one attached hydrogen (secondary N) is 1. The third-order valence-electron chi connectivity index (χ3n) is 3.67. The van der Waals surface area contributed by atoms with Crippen LogP contribution in [-0.2, 0) is 0 Å². The number of benzene rings is 1. The van der Waals surface area contributed by atoms with Crippen LogP contribution >= 0.6 is 0 Å². The normalized spacial score (nSPS) is 21.3. The van der Waals surface area contributed by atoms with E-state index in [0.717, 1.165) is 18.0 Å². The van der Waals surface area contributed by atoms with Gasteiger partial charge < -0.3 is 5.32 Å². The molecule has 1 aromatic heterocycles. The van der Waals surface area contributed by atoms with Gasteiger partial charge in [0.05, 0.1) is 5.52 Å². The first kappa shape index (κ1) is 10.7. The Bertz CT molecular complexity index is 499. The lowest BCUT2D eigenvalue weighted by molar-refractivity contribution is 0.610. The Labute approximate surface area is 102 Å². The molecule has 2 aromatic rings. The van der Waals surface area contributed by atoms with E-state index in [9.17, 15) is 0 Å². The third kappa shape index (κ3) is 2.32. The van der Waals surface area contributed by atoms with Gasteiger partial charge in [0, 0.05) is 11.6 Å². The van der Waals surface area contributed by atoms with Gasteiger partial charge in [-0.1, -0.05) is 12.1 Å². The molecule has 1 atom stereocenters. The molecular weight excluding hydrogens is 208 g/mol. The largest absolute Gasteiger partial charge is 0.317 e. The van der Waals surface area contributed by atoms with Crippen LogP contribution in [-0.4, -0.2) is 18.1 Å². The van der Waals surface area contributed by atoms with E-state index in [-0.39, 0.29) is 0 Å². The number of rotatable bonds is 1. The van der Waals surface area contributed by atoms with Gasteiger partial charge in [-0.25, -0.2) is 0 Å². The Morgan fingerprint density at radius 1 is 1.12 bits per heavy atom. The first-order chi connectivity index (χ1) is 8.43. The lowest BCUT2D eigenvalue weighted by Gasteiger charge is -2.14. The van der Waals surface area contributed by atoms with Gasteiger partial charge in [0.2, 0.25) is 0 Å². The molecule has 1 saturated heterocycles. The van der Waals surface area contributed by atoms with Crippen molar-refractivity contribution in [3.8, 4) is 0 Å². The van der Waals surface area contributed by atoms with Gasteiger partial charge in [0.1, 0.15) is 0 Å². The molecule has 1 fully saturated rings. The number of hydrogen-bond acceptors (Lipinski definition) is 2. The first-order valence-electron chi connectivity index (χ1n) is 6.49. The molecule has 1 aliphatic heterocycles. The SMILES string of the molecule is c1cnc2ccc(C3CCCNCC3)cc2c1. The summed E-state index contributed by atoms with van der Waals surface area (Å²) in [5, 5.41) is 4.74. The molecule has 0 spiro atoms. The van der Waals surface area contributed by atoms with E-state index < -0.39 is 0 Å². The Kier molecular flexibility index (Phi) is 3.06. The van der Waals surface area contributed by atoms with Crippen LogP contribution < -0.4 is 5.32 Å². The number of aromatic nitrogens is 1. The van der Waals surface area contributed by atoms with Crippen molar-refractivity contribution in [2.45, 2.75) is 25.2 Å². The van der Waals surface area contributed by atoms with Crippen LogP contribution in [0.4, 0.5) is 0 Å². The molecule has 0 saturated carbocycles. The Balaban J connectivity index is 1.93. The highest BCUT2D eigenvalue weighted by molar-refractivity contribution is 5.79. The minimum Gasteiger partial charge on any atom is -0.317 e. The molecular formula is C15H18N2. The second-order valence-corrected chi connectivity index (χ2v) is 4.83. The molecule has 1 unspecified atom stereocenters. The van der Waals surface area contributed by atoms with Crippen molar-refractivity contribution < 1.29 is 0 Å². The molecule has 0 radical (unpaired) electrons. The fraction of sp³-hybridized carbons (Fsp3) is 0.400. The highest BCUT2D eigenvalue weighted by atomic mass is 14.8. The summed E-state index contributed by atoms with van der Waals surface area (Å²) in [5.41, 5.74) is 2.58. The molecule has 0 amide bonds. The van der Waals surface area contributed by atoms with Crippen molar-refractivity contribution in [2.24, 2.45) is 0 Å². The van der Waals surface area contributed by atoms with Crippen molar-refractivity contribution in [2.75, 3.05) is 13.1 Å². The summed E-state index contributed by atoms with van der Waals surface area (Å²) in [5.74, 6) is 0.717. The standard InChI is InChI=1S/C15H18N2/c1-3-12(7-10-16-8-1)13-5-6-15-14(11-13)4-2-9-17-15/h2,4-6,9,11-12,16H,1,3,7-8,10H2. The summed E-state index contributed by atoms with van der Waals surface area (Å²) < 4.78 is 0. The van der Waals surface area contributed by atoms with E-state index in [4.69, 9.17) is 0 Å². The van der Waals surface area contributed by atoms with Crippen LogP contribution in [0.5, 0.6) is 0 Å². The predicted octanol–water partition coefficient (Wildman–Crippen LogP) is 3.09. The summed E-state index contributed by atoms with van der Waals surface area (Å²) >= 11 is 0. The van der Waals surface area contributed by atoms with Gasteiger partial charge in [-0.3, -0.25) is 4.98 Å². The Morgan fingerprint density at radius 3 is 3.12 bits per heavy atom. The molecule has 3 rings (SSSR count). The smallest absolute Gasteiger partial charge is 0.0702 e. The number of fused-ring (bicyclic) bond motifs is 1. The molecule has 2 heteroatoms. The summed E-state index contributed by atoms with van der Waals surface area (Å²) in [6.07, 6.45) is 5.71. The van der Waals surface area contributed by atoms with Crippen LogP contribution in [0.3, 0.4) is 0 Å². The van der Waals surface area contributed by atoms with Crippen LogP contribution in [0, 0.1) is 0 Å². The summed E-state index contributed by atoms with van der Waals surface area (Å²) in [6, 6.07) is 10.9. The average Bonchev–Trinajstić information content (AvgIpc) is 2.67. The zero-order valence-electron chi connectivity index (χ0n) is 10.0. The van der Waals surface area contributed by atoms with Crippen molar-refractivity contribution in [3.05, 3.63) is 42.1 Å². The minimum absolute atomic E-state index is 0.717. The van der Waals surface area contributed by atoms with Gasteiger partial charge >= 0.3 is 0 Å². The predicted molar refractivity (Wildman–Crippen MR) is 71.2 cm³/mol. The fourth-order valence-corrected chi connectivity index (χ4v) is 2.70.